The predicted octanol–water partition coefficient (Wildman–Crippen LogP) is 1.69. The van der Waals surface area contributed by atoms with E-state index in [1.54, 1.807) is 18.9 Å². The van der Waals surface area contributed by atoms with Gasteiger partial charge >= 0.3 is 5.97 Å². The third-order valence-electron chi connectivity index (χ3n) is 3.33. The van der Waals surface area contributed by atoms with Gasteiger partial charge in [0, 0.05) is 19.5 Å². The summed E-state index contributed by atoms with van der Waals surface area (Å²) in [7, 11) is 3.58. The number of hydrogen-bond donors (Lipinski definition) is 1. The maximum Gasteiger partial charge on any atom is 0.327 e. The van der Waals surface area contributed by atoms with Gasteiger partial charge < -0.3 is 14.8 Å². The summed E-state index contributed by atoms with van der Waals surface area (Å²) in [5.74, 6) is 2.16. The third kappa shape index (κ3) is 4.14. The Morgan fingerprint density at radius 2 is 2.22 bits per heavy atom. The normalized spacial score (nSPS) is 18.4. The van der Waals surface area contributed by atoms with Crippen molar-refractivity contribution in [3.05, 3.63) is 0 Å². The molecular weight excluding hydrogens is 250 g/mol. The smallest absolute Gasteiger partial charge is 0.327 e. The first-order valence-corrected chi connectivity index (χ1v) is 7.79. The Bertz CT molecular complexity index is 259. The molecule has 4 nitrogen and oxygen atoms in total. The monoisotopic (exact) mass is 275 g/mol. The second kappa shape index (κ2) is 8.02. The maximum atomic E-state index is 12.2. The molecule has 0 spiro atoms. The first kappa shape index (κ1) is 15.8. The van der Waals surface area contributed by atoms with E-state index in [1.807, 2.05) is 14.0 Å². The summed E-state index contributed by atoms with van der Waals surface area (Å²) in [4.78, 5) is 12.2. The van der Waals surface area contributed by atoms with E-state index in [-0.39, 0.29) is 5.97 Å². The second-order valence-electron chi connectivity index (χ2n) is 4.62. The number of likely N-dealkylation sites (N-methyl/N-ethyl adjacent to an activating group) is 1. The Morgan fingerprint density at radius 1 is 1.50 bits per heavy atom. The van der Waals surface area contributed by atoms with Gasteiger partial charge in [-0.1, -0.05) is 0 Å². The highest BCUT2D eigenvalue weighted by Crippen LogP contribution is 2.42. The molecule has 1 aliphatic carbocycles. The number of carbonyl (C=O) groups is 1. The van der Waals surface area contributed by atoms with Gasteiger partial charge in [0.2, 0.25) is 0 Å². The predicted molar refractivity (Wildman–Crippen MR) is 75.0 cm³/mol. The molecule has 106 valence electrons. The highest BCUT2D eigenvalue weighted by Gasteiger charge is 2.50. The van der Waals surface area contributed by atoms with Crippen LogP contribution in [0.4, 0.5) is 0 Å². The lowest BCUT2D eigenvalue weighted by atomic mass is 9.96. The maximum absolute atomic E-state index is 12.2. The Balaban J connectivity index is 2.46. The van der Waals surface area contributed by atoms with Gasteiger partial charge in [-0.3, -0.25) is 4.79 Å². The third-order valence-corrected chi connectivity index (χ3v) is 4.56. The van der Waals surface area contributed by atoms with Gasteiger partial charge in [0.05, 0.1) is 6.61 Å². The van der Waals surface area contributed by atoms with Crippen molar-refractivity contribution in [2.24, 2.45) is 5.92 Å². The fourth-order valence-corrected chi connectivity index (χ4v) is 3.38. The van der Waals surface area contributed by atoms with Crippen LogP contribution in [0.15, 0.2) is 0 Å². The highest BCUT2D eigenvalue weighted by atomic mass is 32.2. The number of nitrogens with one attached hydrogen (secondary N) is 1. The molecule has 1 fully saturated rings. The SMILES string of the molecule is CCOC(=O)C(CSCCCOC)(NC)C1CC1. The van der Waals surface area contributed by atoms with Gasteiger partial charge in [-0.25, -0.2) is 0 Å². The van der Waals surface area contributed by atoms with Crippen LogP contribution in [0.1, 0.15) is 26.2 Å². The van der Waals surface area contributed by atoms with Crippen molar-refractivity contribution >= 4 is 17.7 Å². The van der Waals surface area contributed by atoms with E-state index in [2.05, 4.69) is 5.32 Å². The molecule has 1 saturated carbocycles. The minimum absolute atomic E-state index is 0.0887. The van der Waals surface area contributed by atoms with Crippen LogP contribution in [0.2, 0.25) is 0 Å². The van der Waals surface area contributed by atoms with E-state index >= 15 is 0 Å². The molecule has 1 N–H and O–H groups in total. The van der Waals surface area contributed by atoms with Crippen LogP contribution in [0.25, 0.3) is 0 Å². The lowest BCUT2D eigenvalue weighted by Gasteiger charge is -2.31. The first-order chi connectivity index (χ1) is 8.71. The zero-order valence-electron chi connectivity index (χ0n) is 11.7. The molecule has 0 aromatic rings. The standard InChI is InChI=1S/C13H25NO3S/c1-4-17-12(15)13(14-2,11-6-7-11)10-18-9-5-8-16-3/h11,14H,4-10H2,1-3H3. The quantitative estimate of drug-likeness (QED) is 0.485. The lowest BCUT2D eigenvalue weighted by molar-refractivity contribution is -0.150. The fourth-order valence-electron chi connectivity index (χ4n) is 2.10. The molecule has 0 aromatic heterocycles. The number of ether oxygens (including phenoxy) is 2. The average molecular weight is 275 g/mol. The van der Waals surface area contributed by atoms with Crippen LogP contribution in [0, 0.1) is 5.92 Å². The number of methoxy groups -OCH3 is 1. The Hall–Kier alpha value is -0.260. The van der Waals surface area contributed by atoms with Crippen LogP contribution in [-0.4, -0.2) is 50.4 Å². The van der Waals surface area contributed by atoms with E-state index in [0.717, 1.165) is 37.4 Å². The zero-order valence-corrected chi connectivity index (χ0v) is 12.5. The van der Waals surface area contributed by atoms with E-state index in [9.17, 15) is 4.79 Å². The van der Waals surface area contributed by atoms with Gasteiger partial charge in [-0.2, -0.15) is 11.8 Å². The summed E-state index contributed by atoms with van der Waals surface area (Å²) in [6.45, 7) is 3.09. The summed E-state index contributed by atoms with van der Waals surface area (Å²) in [5.41, 5.74) is -0.478. The molecule has 0 amide bonds. The molecule has 18 heavy (non-hydrogen) atoms. The van der Waals surface area contributed by atoms with Crippen molar-refractivity contribution in [3.63, 3.8) is 0 Å². The van der Waals surface area contributed by atoms with Crippen LogP contribution < -0.4 is 5.32 Å². The van der Waals surface area contributed by atoms with Crippen LogP contribution in [0.5, 0.6) is 0 Å². The van der Waals surface area contributed by atoms with Crippen molar-refractivity contribution in [2.45, 2.75) is 31.7 Å². The molecule has 0 saturated heterocycles. The summed E-state index contributed by atoms with van der Waals surface area (Å²) in [6.07, 6.45) is 3.27. The summed E-state index contributed by atoms with van der Waals surface area (Å²) >= 11 is 1.80. The fraction of sp³-hybridized carbons (Fsp3) is 0.923. The van der Waals surface area contributed by atoms with Gasteiger partial charge in [-0.05, 0) is 44.9 Å². The molecule has 0 heterocycles. The Kier molecular flexibility index (Phi) is 7.04. The molecule has 1 unspecified atom stereocenters. The lowest BCUT2D eigenvalue weighted by Crippen LogP contribution is -2.55. The number of hydrogen-bond acceptors (Lipinski definition) is 5. The minimum atomic E-state index is -0.478. The highest BCUT2D eigenvalue weighted by molar-refractivity contribution is 7.99. The van der Waals surface area contributed by atoms with E-state index in [4.69, 9.17) is 9.47 Å². The molecule has 1 rings (SSSR count). The summed E-state index contributed by atoms with van der Waals surface area (Å²) < 4.78 is 10.3. The van der Waals surface area contributed by atoms with E-state index in [0.29, 0.717) is 12.5 Å². The topological polar surface area (TPSA) is 47.6 Å². The van der Waals surface area contributed by atoms with Gasteiger partial charge in [0.1, 0.15) is 5.54 Å². The Morgan fingerprint density at radius 3 is 2.72 bits per heavy atom. The second-order valence-corrected chi connectivity index (χ2v) is 5.72. The van der Waals surface area contributed by atoms with Crippen molar-refractivity contribution in [2.75, 3.05) is 38.9 Å². The average Bonchev–Trinajstić information content (AvgIpc) is 3.19. The largest absolute Gasteiger partial charge is 0.465 e. The number of rotatable bonds is 10. The van der Waals surface area contributed by atoms with Crippen molar-refractivity contribution in [1.29, 1.82) is 0 Å². The van der Waals surface area contributed by atoms with E-state index < -0.39 is 5.54 Å². The van der Waals surface area contributed by atoms with Crippen LogP contribution >= 0.6 is 11.8 Å². The van der Waals surface area contributed by atoms with Gasteiger partial charge in [-0.15, -0.1) is 0 Å². The number of thioether (sulfide) groups is 1. The van der Waals surface area contributed by atoms with Crippen LogP contribution in [-0.2, 0) is 14.3 Å². The summed E-state index contributed by atoms with van der Waals surface area (Å²) in [5, 5.41) is 3.23. The molecule has 0 bridgehead atoms. The van der Waals surface area contributed by atoms with Crippen molar-refractivity contribution in [1.82, 2.24) is 5.32 Å². The number of carbonyl (C=O) groups excluding carboxylic acids is 1. The summed E-state index contributed by atoms with van der Waals surface area (Å²) in [6, 6.07) is 0. The van der Waals surface area contributed by atoms with Gasteiger partial charge in [0.15, 0.2) is 0 Å². The molecule has 0 aliphatic heterocycles. The molecule has 1 atom stereocenters. The minimum Gasteiger partial charge on any atom is -0.465 e. The number of esters is 1. The Labute approximate surface area is 114 Å². The zero-order chi connectivity index (χ0) is 13.4. The first-order valence-electron chi connectivity index (χ1n) is 6.64. The molecule has 0 aromatic carbocycles. The van der Waals surface area contributed by atoms with E-state index in [1.165, 1.54) is 0 Å². The van der Waals surface area contributed by atoms with Crippen LogP contribution in [0.3, 0.4) is 0 Å². The van der Waals surface area contributed by atoms with Crippen molar-refractivity contribution < 1.29 is 14.3 Å². The molecule has 5 heteroatoms. The van der Waals surface area contributed by atoms with Gasteiger partial charge in [0.25, 0.3) is 0 Å². The molecular formula is C13H25NO3S. The molecule has 1 aliphatic rings. The van der Waals surface area contributed by atoms with Crippen molar-refractivity contribution in [3.8, 4) is 0 Å². The molecule has 0 radical (unpaired) electrons.